The minimum absolute atomic E-state index is 0.200. The van der Waals surface area contributed by atoms with Crippen LogP contribution in [0.2, 0.25) is 5.02 Å². The number of rotatable bonds is 3. The van der Waals surface area contributed by atoms with Gasteiger partial charge in [0.2, 0.25) is 0 Å². The Hall–Kier alpha value is -0.950. The molecule has 1 aromatic carbocycles. The first kappa shape index (κ1) is 15.0. The quantitative estimate of drug-likeness (QED) is 0.545. The summed E-state index contributed by atoms with van der Waals surface area (Å²) < 4.78 is 16.4. The lowest BCUT2D eigenvalue weighted by Crippen LogP contribution is -2.12. The maximum Gasteiger partial charge on any atom is 0.165 e. The Labute approximate surface area is 138 Å². The highest BCUT2D eigenvalue weighted by molar-refractivity contribution is 9.10. The maximum absolute atomic E-state index is 14.3. The van der Waals surface area contributed by atoms with E-state index in [0.717, 1.165) is 5.52 Å². The van der Waals surface area contributed by atoms with E-state index in [-0.39, 0.29) is 20.9 Å². The van der Waals surface area contributed by atoms with Crippen molar-refractivity contribution in [3.8, 4) is 0 Å². The third-order valence-corrected chi connectivity index (χ3v) is 4.79. The number of alkyl halides is 1. The molecule has 3 aromatic rings. The van der Waals surface area contributed by atoms with Gasteiger partial charge in [-0.3, -0.25) is 4.98 Å². The summed E-state index contributed by atoms with van der Waals surface area (Å²) in [6.07, 6.45) is 1.53. The van der Waals surface area contributed by atoms with Crippen molar-refractivity contribution < 1.29 is 4.39 Å². The molecule has 2 N–H and O–H groups in total. The molecule has 2 aromatic heterocycles. The number of benzene rings is 1. The number of halogens is 4. The smallest absolute Gasteiger partial charge is 0.165 e. The highest BCUT2D eigenvalue weighted by Crippen LogP contribution is 2.34. The first-order valence-electron chi connectivity index (χ1n) is 6.15. The molecule has 21 heavy (non-hydrogen) atoms. The van der Waals surface area contributed by atoms with Crippen molar-refractivity contribution in [2.75, 3.05) is 6.54 Å². The van der Waals surface area contributed by atoms with E-state index in [1.165, 1.54) is 6.20 Å². The summed E-state index contributed by atoms with van der Waals surface area (Å²) in [5.41, 5.74) is 7.27. The zero-order valence-electron chi connectivity index (χ0n) is 10.7. The molecular weight excluding hydrogens is 382 g/mol. The Morgan fingerprint density at radius 2 is 2.19 bits per heavy atom. The van der Waals surface area contributed by atoms with E-state index in [1.54, 1.807) is 6.07 Å². The van der Waals surface area contributed by atoms with Crippen LogP contribution in [-0.4, -0.2) is 21.1 Å². The molecule has 0 amide bonds. The second kappa shape index (κ2) is 5.68. The van der Waals surface area contributed by atoms with Crippen LogP contribution in [0, 0.1) is 5.82 Å². The number of aromatic nitrogens is 3. The number of hydrogen-bond acceptors (Lipinski definition) is 3. The van der Waals surface area contributed by atoms with Gasteiger partial charge in [-0.05, 0) is 22.0 Å². The van der Waals surface area contributed by atoms with E-state index < -0.39 is 5.82 Å². The normalized spacial score (nSPS) is 11.7. The molecule has 3 rings (SSSR count). The maximum atomic E-state index is 14.3. The van der Waals surface area contributed by atoms with Crippen LogP contribution in [0.25, 0.3) is 21.9 Å². The summed E-state index contributed by atoms with van der Waals surface area (Å²) in [5, 5.41) is 0.873. The summed E-state index contributed by atoms with van der Waals surface area (Å²) in [7, 11) is 0. The fourth-order valence-electron chi connectivity index (χ4n) is 2.38. The topological polar surface area (TPSA) is 56.7 Å². The Bertz CT molecular complexity index is 849. The van der Waals surface area contributed by atoms with Crippen molar-refractivity contribution in [3.05, 3.63) is 33.4 Å². The SMILES string of the molecule is NCCn1c(CCl)nc2cnc3c(F)c(Br)c(Cl)cc3c21. The Morgan fingerprint density at radius 1 is 1.43 bits per heavy atom. The van der Waals surface area contributed by atoms with Gasteiger partial charge in [-0.25, -0.2) is 9.37 Å². The fraction of sp³-hybridized carbons (Fsp3) is 0.231. The molecule has 110 valence electrons. The van der Waals surface area contributed by atoms with Crippen molar-refractivity contribution in [2.24, 2.45) is 5.73 Å². The summed E-state index contributed by atoms with van der Waals surface area (Å²) in [4.78, 5) is 8.56. The molecule has 0 spiro atoms. The van der Waals surface area contributed by atoms with Crippen molar-refractivity contribution in [1.29, 1.82) is 0 Å². The highest BCUT2D eigenvalue weighted by atomic mass is 79.9. The van der Waals surface area contributed by atoms with Gasteiger partial charge in [0.15, 0.2) is 5.82 Å². The van der Waals surface area contributed by atoms with E-state index in [9.17, 15) is 4.39 Å². The average molecular weight is 392 g/mol. The number of pyridine rings is 1. The molecule has 0 radical (unpaired) electrons. The number of nitrogens with zero attached hydrogens (tertiary/aromatic N) is 3. The minimum atomic E-state index is -0.493. The summed E-state index contributed by atoms with van der Waals surface area (Å²) in [6, 6.07) is 1.67. The van der Waals surface area contributed by atoms with Gasteiger partial charge in [0, 0.05) is 18.5 Å². The second-order valence-electron chi connectivity index (χ2n) is 4.48. The van der Waals surface area contributed by atoms with E-state index in [1.807, 2.05) is 4.57 Å². The summed E-state index contributed by atoms with van der Waals surface area (Å²) in [6.45, 7) is 0.957. The lowest BCUT2D eigenvalue weighted by atomic mass is 10.2. The van der Waals surface area contributed by atoms with E-state index in [2.05, 4.69) is 25.9 Å². The Morgan fingerprint density at radius 3 is 2.86 bits per heavy atom. The van der Waals surface area contributed by atoms with Gasteiger partial charge >= 0.3 is 0 Å². The van der Waals surface area contributed by atoms with Crippen molar-refractivity contribution >= 4 is 61.1 Å². The molecule has 0 bridgehead atoms. The van der Waals surface area contributed by atoms with Gasteiger partial charge in [0.05, 0.1) is 27.1 Å². The van der Waals surface area contributed by atoms with Gasteiger partial charge < -0.3 is 10.3 Å². The van der Waals surface area contributed by atoms with Gasteiger partial charge in [-0.1, -0.05) is 11.6 Å². The van der Waals surface area contributed by atoms with Crippen LogP contribution in [0.4, 0.5) is 4.39 Å². The van der Waals surface area contributed by atoms with Crippen LogP contribution in [0.5, 0.6) is 0 Å². The number of imidazole rings is 1. The lowest BCUT2D eigenvalue weighted by Gasteiger charge is -2.09. The molecule has 0 saturated carbocycles. The van der Waals surface area contributed by atoms with Crippen LogP contribution in [0.1, 0.15) is 5.82 Å². The third kappa shape index (κ3) is 2.30. The van der Waals surface area contributed by atoms with Gasteiger partial charge in [-0.2, -0.15) is 0 Å². The monoisotopic (exact) mass is 390 g/mol. The zero-order valence-corrected chi connectivity index (χ0v) is 13.8. The number of nitrogens with two attached hydrogens (primary N) is 1. The molecule has 8 heteroatoms. The number of hydrogen-bond donors (Lipinski definition) is 1. The molecule has 0 aliphatic carbocycles. The van der Waals surface area contributed by atoms with Gasteiger partial charge in [0.25, 0.3) is 0 Å². The van der Waals surface area contributed by atoms with Gasteiger partial charge in [-0.15, -0.1) is 11.6 Å². The Kier molecular flexibility index (Phi) is 4.05. The summed E-state index contributed by atoms with van der Waals surface area (Å²) in [5.74, 6) is 0.418. The summed E-state index contributed by atoms with van der Waals surface area (Å²) >= 11 is 15.1. The molecule has 0 fully saturated rings. The van der Waals surface area contributed by atoms with Crippen LogP contribution in [0.3, 0.4) is 0 Å². The minimum Gasteiger partial charge on any atom is -0.329 e. The molecule has 0 atom stereocenters. The van der Waals surface area contributed by atoms with Crippen LogP contribution >= 0.6 is 39.1 Å². The van der Waals surface area contributed by atoms with E-state index in [0.29, 0.717) is 29.8 Å². The second-order valence-corrected chi connectivity index (χ2v) is 5.94. The fourth-order valence-corrected chi connectivity index (χ4v) is 3.08. The average Bonchev–Trinajstić information content (AvgIpc) is 2.83. The van der Waals surface area contributed by atoms with E-state index >= 15 is 0 Å². The molecule has 2 heterocycles. The van der Waals surface area contributed by atoms with E-state index in [4.69, 9.17) is 28.9 Å². The third-order valence-electron chi connectivity index (χ3n) is 3.25. The van der Waals surface area contributed by atoms with Crippen molar-refractivity contribution in [1.82, 2.24) is 14.5 Å². The van der Waals surface area contributed by atoms with Crippen LogP contribution < -0.4 is 5.73 Å². The predicted molar refractivity (Wildman–Crippen MR) is 86.3 cm³/mol. The van der Waals surface area contributed by atoms with Crippen molar-refractivity contribution in [2.45, 2.75) is 12.4 Å². The molecule has 0 saturated heterocycles. The van der Waals surface area contributed by atoms with Gasteiger partial charge in [0.1, 0.15) is 16.9 Å². The standard InChI is InChI=1S/C13H10BrCl2FN4/c14-10-7(16)3-6-12(11(10)17)19-5-8-13(6)21(2-1-18)9(4-15)20-8/h3,5H,1-2,4,18H2. The Balaban J connectivity index is 2.49. The molecule has 4 nitrogen and oxygen atoms in total. The zero-order chi connectivity index (χ0) is 15.1. The predicted octanol–water partition coefficient (Wildman–Crippen LogP) is 3.84. The number of fused-ring (bicyclic) bond motifs is 3. The van der Waals surface area contributed by atoms with Crippen molar-refractivity contribution in [3.63, 3.8) is 0 Å². The highest BCUT2D eigenvalue weighted by Gasteiger charge is 2.18. The molecule has 0 aliphatic heterocycles. The molecule has 0 aliphatic rings. The first-order valence-corrected chi connectivity index (χ1v) is 7.86. The molecule has 0 unspecified atom stereocenters. The first-order chi connectivity index (χ1) is 10.1. The van der Waals surface area contributed by atoms with Crippen LogP contribution in [0.15, 0.2) is 16.7 Å². The lowest BCUT2D eigenvalue weighted by molar-refractivity contribution is 0.630. The molecular formula is C13H10BrCl2FN4. The van der Waals surface area contributed by atoms with Crippen LogP contribution in [-0.2, 0) is 12.4 Å². The largest absolute Gasteiger partial charge is 0.329 e.